The second kappa shape index (κ2) is 7.57. The van der Waals surface area contributed by atoms with Crippen LogP contribution < -0.4 is 10.0 Å². The van der Waals surface area contributed by atoms with Crippen molar-refractivity contribution in [2.45, 2.75) is 50.6 Å². The molecule has 0 bridgehead atoms. The summed E-state index contributed by atoms with van der Waals surface area (Å²) < 4.78 is 28.0. The van der Waals surface area contributed by atoms with E-state index in [9.17, 15) is 18.5 Å². The van der Waals surface area contributed by atoms with Crippen molar-refractivity contribution in [3.05, 3.63) is 33.4 Å². The number of nitro groups is 1. The summed E-state index contributed by atoms with van der Waals surface area (Å²) in [7, 11) is -3.93. The van der Waals surface area contributed by atoms with Gasteiger partial charge in [-0.15, -0.1) is 12.4 Å². The number of piperidine rings is 1. The number of halogens is 1. The normalized spacial score (nSPS) is 21.5. The van der Waals surface area contributed by atoms with Crippen molar-refractivity contribution in [2.24, 2.45) is 0 Å². The van der Waals surface area contributed by atoms with Gasteiger partial charge >= 0.3 is 0 Å². The van der Waals surface area contributed by atoms with E-state index in [4.69, 9.17) is 0 Å². The molecule has 1 aliphatic heterocycles. The number of aryl methyl sites for hydroxylation is 2. The van der Waals surface area contributed by atoms with Gasteiger partial charge in [-0.3, -0.25) is 10.1 Å². The zero-order chi connectivity index (χ0) is 16.5. The largest absolute Gasteiger partial charge is 0.314 e. The van der Waals surface area contributed by atoms with Crippen LogP contribution >= 0.6 is 12.4 Å². The highest BCUT2D eigenvalue weighted by atomic mass is 35.5. The maximum atomic E-state index is 12.7. The molecule has 1 aromatic carbocycles. The van der Waals surface area contributed by atoms with Crippen LogP contribution in [0.5, 0.6) is 0 Å². The van der Waals surface area contributed by atoms with E-state index >= 15 is 0 Å². The van der Waals surface area contributed by atoms with Gasteiger partial charge in [-0.25, -0.2) is 13.1 Å². The molecule has 1 saturated heterocycles. The molecule has 2 atom stereocenters. The summed E-state index contributed by atoms with van der Waals surface area (Å²) in [6.07, 6.45) is 1.33. The maximum absolute atomic E-state index is 12.7. The van der Waals surface area contributed by atoms with Crippen LogP contribution in [-0.2, 0) is 10.0 Å². The first kappa shape index (κ1) is 19.8. The van der Waals surface area contributed by atoms with E-state index in [2.05, 4.69) is 10.0 Å². The summed E-state index contributed by atoms with van der Waals surface area (Å²) >= 11 is 0. The molecule has 2 N–H and O–H groups in total. The van der Waals surface area contributed by atoms with Gasteiger partial charge in [0.2, 0.25) is 10.0 Å². The van der Waals surface area contributed by atoms with Crippen LogP contribution in [0.2, 0.25) is 0 Å². The fourth-order valence-corrected chi connectivity index (χ4v) is 4.61. The third kappa shape index (κ3) is 4.41. The van der Waals surface area contributed by atoms with Gasteiger partial charge in [-0.2, -0.15) is 0 Å². The Bertz CT molecular complexity index is 694. The zero-order valence-electron chi connectivity index (χ0n) is 13.3. The number of nitro benzene ring substituents is 1. The minimum Gasteiger partial charge on any atom is -0.314 e. The van der Waals surface area contributed by atoms with Gasteiger partial charge in [-0.1, -0.05) is 12.1 Å². The molecule has 2 unspecified atom stereocenters. The molecule has 7 nitrogen and oxygen atoms in total. The Labute approximate surface area is 142 Å². The Hall–Kier alpha value is -1.22. The van der Waals surface area contributed by atoms with Gasteiger partial charge in [0, 0.05) is 17.6 Å². The molecule has 0 saturated carbocycles. The number of nitrogens with zero attached hydrogens (tertiary/aromatic N) is 1. The van der Waals surface area contributed by atoms with E-state index in [0.717, 1.165) is 6.54 Å². The predicted octanol–water partition coefficient (Wildman–Crippen LogP) is 2.05. The first-order chi connectivity index (χ1) is 10.2. The maximum Gasteiger partial charge on any atom is 0.292 e. The van der Waals surface area contributed by atoms with Gasteiger partial charge in [-0.05, 0) is 45.7 Å². The highest BCUT2D eigenvalue weighted by Gasteiger charge is 2.32. The smallest absolute Gasteiger partial charge is 0.292 e. The van der Waals surface area contributed by atoms with Crippen LogP contribution in [0.4, 0.5) is 5.69 Å². The highest BCUT2D eigenvalue weighted by Crippen LogP contribution is 2.31. The number of rotatable bonds is 4. The van der Waals surface area contributed by atoms with Crippen LogP contribution in [-0.4, -0.2) is 32.0 Å². The molecule has 0 radical (unpaired) electrons. The van der Waals surface area contributed by atoms with Crippen molar-refractivity contribution >= 4 is 28.1 Å². The van der Waals surface area contributed by atoms with E-state index in [1.807, 2.05) is 6.92 Å². The van der Waals surface area contributed by atoms with E-state index in [1.165, 1.54) is 0 Å². The van der Waals surface area contributed by atoms with Crippen LogP contribution in [0.1, 0.15) is 30.9 Å². The molecule has 1 fully saturated rings. The molecule has 0 spiro atoms. The Morgan fingerprint density at radius 3 is 2.48 bits per heavy atom. The summed E-state index contributed by atoms with van der Waals surface area (Å²) in [5, 5.41) is 14.5. The standard InChI is InChI=1S/C14H21N3O4S.ClH/c1-9-4-5-10(2)14(13(9)17(18)19)22(20,21)16-12-6-7-15-11(3)8-12;/h4-5,11-12,15-16H,6-8H2,1-3H3;1H. The Balaban J connectivity index is 0.00000264. The molecule has 0 aliphatic carbocycles. The number of hydrogen-bond donors (Lipinski definition) is 2. The topological polar surface area (TPSA) is 101 Å². The van der Waals surface area contributed by atoms with E-state index in [-0.39, 0.29) is 35.1 Å². The van der Waals surface area contributed by atoms with Crippen molar-refractivity contribution in [2.75, 3.05) is 6.54 Å². The summed E-state index contributed by atoms with van der Waals surface area (Å²) in [5.74, 6) is 0. The third-order valence-electron chi connectivity index (χ3n) is 3.93. The lowest BCUT2D eigenvalue weighted by Gasteiger charge is -2.28. The van der Waals surface area contributed by atoms with Gasteiger partial charge in [0.25, 0.3) is 5.69 Å². The molecule has 1 aliphatic rings. The molecule has 1 heterocycles. The van der Waals surface area contributed by atoms with Crippen LogP contribution in [0, 0.1) is 24.0 Å². The van der Waals surface area contributed by atoms with Crippen molar-refractivity contribution in [3.63, 3.8) is 0 Å². The van der Waals surface area contributed by atoms with Crippen molar-refractivity contribution in [1.29, 1.82) is 0 Å². The summed E-state index contributed by atoms with van der Waals surface area (Å²) in [5.41, 5.74) is 0.385. The molecule has 130 valence electrons. The zero-order valence-corrected chi connectivity index (χ0v) is 15.0. The fourth-order valence-electron chi connectivity index (χ4n) is 2.85. The summed E-state index contributed by atoms with van der Waals surface area (Å²) in [6, 6.07) is 3.18. The summed E-state index contributed by atoms with van der Waals surface area (Å²) in [6.45, 7) is 5.83. The third-order valence-corrected chi connectivity index (χ3v) is 5.62. The number of nitrogens with one attached hydrogen (secondary N) is 2. The predicted molar refractivity (Wildman–Crippen MR) is 90.6 cm³/mol. The molecule has 2 rings (SSSR count). The fraction of sp³-hybridized carbons (Fsp3) is 0.571. The van der Waals surface area contributed by atoms with E-state index in [0.29, 0.717) is 24.0 Å². The lowest BCUT2D eigenvalue weighted by molar-refractivity contribution is -0.388. The van der Waals surface area contributed by atoms with E-state index < -0.39 is 14.9 Å². The first-order valence-corrected chi connectivity index (χ1v) is 8.71. The molecule has 1 aromatic rings. The van der Waals surface area contributed by atoms with Crippen LogP contribution in [0.3, 0.4) is 0 Å². The lowest BCUT2D eigenvalue weighted by Crippen LogP contribution is -2.46. The number of sulfonamides is 1. The van der Waals surface area contributed by atoms with Gasteiger partial charge in [0.1, 0.15) is 0 Å². The van der Waals surface area contributed by atoms with E-state index in [1.54, 1.807) is 26.0 Å². The lowest BCUT2D eigenvalue weighted by atomic mass is 10.0. The SMILES string of the molecule is Cc1ccc(C)c(S(=O)(=O)NC2CCNC(C)C2)c1[N+](=O)[O-].Cl. The molecule has 0 amide bonds. The minimum absolute atomic E-state index is 0. The Kier molecular flexibility index (Phi) is 6.52. The second-order valence-corrected chi connectivity index (χ2v) is 7.48. The second-order valence-electron chi connectivity index (χ2n) is 5.83. The molecule has 0 aromatic heterocycles. The first-order valence-electron chi connectivity index (χ1n) is 7.22. The molecule has 23 heavy (non-hydrogen) atoms. The number of hydrogen-bond acceptors (Lipinski definition) is 5. The highest BCUT2D eigenvalue weighted by molar-refractivity contribution is 7.89. The average Bonchev–Trinajstić information content (AvgIpc) is 2.40. The van der Waals surface area contributed by atoms with Crippen molar-refractivity contribution in [1.82, 2.24) is 10.0 Å². The van der Waals surface area contributed by atoms with Crippen molar-refractivity contribution in [3.8, 4) is 0 Å². The monoisotopic (exact) mass is 363 g/mol. The Morgan fingerprint density at radius 2 is 1.91 bits per heavy atom. The average molecular weight is 364 g/mol. The van der Waals surface area contributed by atoms with Crippen LogP contribution in [0.15, 0.2) is 17.0 Å². The van der Waals surface area contributed by atoms with Crippen LogP contribution in [0.25, 0.3) is 0 Å². The number of benzene rings is 1. The van der Waals surface area contributed by atoms with Gasteiger partial charge in [0.15, 0.2) is 4.90 Å². The van der Waals surface area contributed by atoms with Gasteiger partial charge < -0.3 is 5.32 Å². The Morgan fingerprint density at radius 1 is 1.30 bits per heavy atom. The van der Waals surface area contributed by atoms with Crippen molar-refractivity contribution < 1.29 is 13.3 Å². The molecular weight excluding hydrogens is 342 g/mol. The molecule has 9 heteroatoms. The quantitative estimate of drug-likeness (QED) is 0.629. The van der Waals surface area contributed by atoms with Gasteiger partial charge in [0.05, 0.1) is 4.92 Å². The molecular formula is C14H22ClN3O4S. The summed E-state index contributed by atoms with van der Waals surface area (Å²) in [4.78, 5) is 10.4. The minimum atomic E-state index is -3.93.